The monoisotopic (exact) mass is 447 g/mol. The molecule has 2 aromatic carbocycles. The highest BCUT2D eigenvalue weighted by Gasteiger charge is 2.14. The first-order valence-electron chi connectivity index (χ1n) is 8.21. The highest BCUT2D eigenvalue weighted by atomic mass is 79.9. The molecule has 140 valence electrons. The Labute approximate surface area is 169 Å². The number of aromatic nitrogens is 1. The van der Waals surface area contributed by atoms with Crippen LogP contribution in [-0.4, -0.2) is 30.3 Å². The molecule has 3 rings (SSSR count). The van der Waals surface area contributed by atoms with Gasteiger partial charge in [0.2, 0.25) is 0 Å². The largest absolute Gasteiger partial charge is 0.493 e. The molecule has 0 aliphatic heterocycles. The van der Waals surface area contributed by atoms with Gasteiger partial charge in [0.25, 0.3) is 0 Å². The first-order chi connectivity index (χ1) is 13.0. The van der Waals surface area contributed by atoms with Crippen molar-refractivity contribution in [3.63, 3.8) is 0 Å². The Kier molecular flexibility index (Phi) is 6.13. The minimum Gasteiger partial charge on any atom is -0.493 e. The number of fused-ring (bicyclic) bond motifs is 1. The third kappa shape index (κ3) is 4.48. The number of carbonyl (C=O) groups is 1. The van der Waals surface area contributed by atoms with Gasteiger partial charge in [-0.25, -0.2) is 4.98 Å². The summed E-state index contributed by atoms with van der Waals surface area (Å²) in [5, 5.41) is 9.95. The Hall–Kier alpha value is -2.38. The number of thiazole rings is 1. The number of rotatable bonds is 7. The highest BCUT2D eigenvalue weighted by molar-refractivity contribution is 9.10. The molecule has 0 saturated heterocycles. The van der Waals surface area contributed by atoms with Crippen LogP contribution in [-0.2, 0) is 4.79 Å². The molecule has 1 N–H and O–H groups in total. The molecule has 1 aromatic heterocycles. The summed E-state index contributed by atoms with van der Waals surface area (Å²) < 4.78 is 12.6. The van der Waals surface area contributed by atoms with E-state index in [2.05, 4.69) is 20.9 Å². The average molecular weight is 448 g/mol. The van der Waals surface area contributed by atoms with Gasteiger partial charge >= 0.3 is 5.97 Å². The summed E-state index contributed by atoms with van der Waals surface area (Å²) in [6, 6.07) is 11.6. The highest BCUT2D eigenvalue weighted by Crippen LogP contribution is 2.37. The zero-order valence-electron chi connectivity index (χ0n) is 14.9. The number of para-hydroxylation sites is 1. The zero-order valence-corrected chi connectivity index (χ0v) is 17.3. The number of carboxylic acids is 1. The van der Waals surface area contributed by atoms with Crippen LogP contribution in [0.5, 0.6) is 11.5 Å². The molecule has 0 amide bonds. The minimum atomic E-state index is -0.839. The van der Waals surface area contributed by atoms with Gasteiger partial charge in [0, 0.05) is 10.9 Å². The number of ether oxygens (including phenoxy) is 2. The number of aliphatic carboxylic acids is 1. The maximum Gasteiger partial charge on any atom is 0.303 e. The third-order valence-electron chi connectivity index (χ3n) is 4.01. The molecule has 0 radical (unpaired) electrons. The van der Waals surface area contributed by atoms with Crippen molar-refractivity contribution in [3.05, 3.63) is 51.4 Å². The summed E-state index contributed by atoms with van der Waals surface area (Å²) in [6.07, 6.45) is 2.37. The number of methoxy groups -OCH3 is 2. The minimum absolute atomic E-state index is 0.0344. The van der Waals surface area contributed by atoms with Crippen molar-refractivity contribution in [2.75, 3.05) is 14.2 Å². The molecule has 3 aromatic rings. The summed E-state index contributed by atoms with van der Waals surface area (Å²) in [6.45, 7) is 0. The predicted octanol–water partition coefficient (Wildman–Crippen LogP) is 5.48. The smallest absolute Gasteiger partial charge is 0.303 e. The van der Waals surface area contributed by atoms with Crippen molar-refractivity contribution in [2.45, 2.75) is 12.8 Å². The van der Waals surface area contributed by atoms with Gasteiger partial charge in [-0.1, -0.05) is 28.1 Å². The van der Waals surface area contributed by atoms with E-state index in [0.717, 1.165) is 30.8 Å². The second kappa shape index (κ2) is 8.54. The molecule has 1 heterocycles. The summed E-state index contributed by atoms with van der Waals surface area (Å²) >= 11 is 5.11. The quantitative estimate of drug-likeness (QED) is 0.518. The molecule has 0 spiro atoms. The van der Waals surface area contributed by atoms with Crippen molar-refractivity contribution in [1.82, 2.24) is 4.98 Å². The molecule has 0 atom stereocenters. The van der Waals surface area contributed by atoms with Crippen LogP contribution < -0.4 is 9.47 Å². The van der Waals surface area contributed by atoms with Crippen LogP contribution in [0.1, 0.15) is 23.4 Å². The maximum atomic E-state index is 11.1. The Morgan fingerprint density at radius 2 is 1.89 bits per heavy atom. The molecule has 0 aliphatic rings. The lowest BCUT2D eigenvalue weighted by atomic mass is 10.1. The van der Waals surface area contributed by atoms with Crippen LogP contribution in [0.2, 0.25) is 0 Å². The molecular formula is C20H18BrNO4S. The summed E-state index contributed by atoms with van der Waals surface area (Å²) in [7, 11) is 3.16. The van der Waals surface area contributed by atoms with Crippen LogP contribution in [0.3, 0.4) is 0 Å². The van der Waals surface area contributed by atoms with E-state index in [-0.39, 0.29) is 6.42 Å². The topological polar surface area (TPSA) is 68.7 Å². The van der Waals surface area contributed by atoms with Crippen molar-refractivity contribution in [3.8, 4) is 11.5 Å². The van der Waals surface area contributed by atoms with Gasteiger partial charge in [-0.15, -0.1) is 11.3 Å². The van der Waals surface area contributed by atoms with E-state index in [0.29, 0.717) is 17.9 Å². The lowest BCUT2D eigenvalue weighted by molar-refractivity contribution is -0.136. The number of nitrogens with zero attached hydrogens (tertiary/aromatic N) is 1. The fourth-order valence-corrected chi connectivity index (χ4v) is 4.11. The third-order valence-corrected chi connectivity index (χ3v) is 5.81. The van der Waals surface area contributed by atoms with E-state index in [1.165, 1.54) is 0 Å². The van der Waals surface area contributed by atoms with Gasteiger partial charge in [0.15, 0.2) is 11.5 Å². The number of halogens is 1. The van der Waals surface area contributed by atoms with Crippen molar-refractivity contribution in [2.24, 2.45) is 0 Å². The van der Waals surface area contributed by atoms with Gasteiger partial charge < -0.3 is 14.6 Å². The summed E-state index contributed by atoms with van der Waals surface area (Å²) in [5.74, 6) is 0.385. The van der Waals surface area contributed by atoms with Gasteiger partial charge in [0.1, 0.15) is 5.01 Å². The molecule has 0 unspecified atom stereocenters. The molecule has 7 heteroatoms. The van der Waals surface area contributed by atoms with E-state index in [9.17, 15) is 4.79 Å². The van der Waals surface area contributed by atoms with Gasteiger partial charge in [-0.3, -0.25) is 4.79 Å². The zero-order chi connectivity index (χ0) is 19.4. The molecule has 27 heavy (non-hydrogen) atoms. The normalized spacial score (nSPS) is 11.6. The van der Waals surface area contributed by atoms with E-state index < -0.39 is 5.97 Å². The van der Waals surface area contributed by atoms with E-state index >= 15 is 0 Å². The van der Waals surface area contributed by atoms with Gasteiger partial charge in [0.05, 0.1) is 24.4 Å². The van der Waals surface area contributed by atoms with Crippen LogP contribution in [0, 0.1) is 0 Å². The SMILES string of the molecule is COc1cc(Br)c(C=C(CCC(=O)O)c2nc3ccccc3s2)cc1OC. The van der Waals surface area contributed by atoms with Crippen LogP contribution in [0.25, 0.3) is 21.9 Å². The Morgan fingerprint density at radius 3 is 2.56 bits per heavy atom. The molecule has 0 fully saturated rings. The number of allylic oxidation sites excluding steroid dienone is 1. The average Bonchev–Trinajstić information content (AvgIpc) is 3.09. The van der Waals surface area contributed by atoms with Gasteiger partial charge in [-0.2, -0.15) is 0 Å². The molecule has 0 saturated carbocycles. The van der Waals surface area contributed by atoms with E-state index in [1.54, 1.807) is 25.6 Å². The fraction of sp³-hybridized carbons (Fsp3) is 0.200. The summed E-state index contributed by atoms with van der Waals surface area (Å²) in [5.41, 5.74) is 2.64. The fourth-order valence-electron chi connectivity index (χ4n) is 2.66. The maximum absolute atomic E-state index is 11.1. The standard InChI is InChI=1S/C20H18BrNO4S/c1-25-16-10-13(14(21)11-17(16)26-2)9-12(7-8-19(23)24)20-22-15-5-3-4-6-18(15)27-20/h3-6,9-11H,7-8H2,1-2H3,(H,23,24). The van der Waals surface area contributed by atoms with Crippen LogP contribution in [0.15, 0.2) is 40.9 Å². The predicted molar refractivity (Wildman–Crippen MR) is 112 cm³/mol. The van der Waals surface area contributed by atoms with E-state index in [1.807, 2.05) is 42.5 Å². The molecule has 0 aliphatic carbocycles. The van der Waals surface area contributed by atoms with Crippen molar-refractivity contribution in [1.29, 1.82) is 0 Å². The lowest BCUT2D eigenvalue weighted by Crippen LogP contribution is -1.96. The molecule has 0 bridgehead atoms. The molecule has 5 nitrogen and oxygen atoms in total. The second-order valence-electron chi connectivity index (χ2n) is 5.78. The number of benzene rings is 2. The lowest BCUT2D eigenvalue weighted by Gasteiger charge is -2.11. The first-order valence-corrected chi connectivity index (χ1v) is 9.82. The van der Waals surface area contributed by atoms with Crippen molar-refractivity contribution < 1.29 is 19.4 Å². The molecular weight excluding hydrogens is 430 g/mol. The number of hydrogen-bond acceptors (Lipinski definition) is 5. The first kappa shape index (κ1) is 19.4. The Balaban J connectivity index is 2.08. The van der Waals surface area contributed by atoms with Crippen molar-refractivity contribution >= 4 is 55.1 Å². The van der Waals surface area contributed by atoms with Crippen LogP contribution >= 0.6 is 27.3 Å². The Morgan fingerprint density at radius 1 is 1.19 bits per heavy atom. The van der Waals surface area contributed by atoms with Crippen LogP contribution in [0.4, 0.5) is 0 Å². The number of hydrogen-bond donors (Lipinski definition) is 1. The Bertz CT molecular complexity index is 979. The van der Waals surface area contributed by atoms with E-state index in [4.69, 9.17) is 14.6 Å². The summed E-state index contributed by atoms with van der Waals surface area (Å²) in [4.78, 5) is 15.8. The second-order valence-corrected chi connectivity index (χ2v) is 7.66. The number of carboxylic acid groups (broad SMARTS) is 1. The van der Waals surface area contributed by atoms with Gasteiger partial charge in [-0.05, 0) is 47.9 Å².